The van der Waals surface area contributed by atoms with Gasteiger partial charge in [-0.05, 0) is 20.8 Å². The second-order valence-electron chi connectivity index (χ2n) is 2.87. The number of carbonyl (C=O) groups is 2. The lowest BCUT2D eigenvalue weighted by Gasteiger charge is -2.03. The summed E-state index contributed by atoms with van der Waals surface area (Å²) in [5.41, 5.74) is 2.24. The van der Waals surface area contributed by atoms with Gasteiger partial charge < -0.3 is 9.47 Å². The van der Waals surface area contributed by atoms with Crippen molar-refractivity contribution in [1.82, 2.24) is 5.43 Å². The second kappa shape index (κ2) is 9.95. The molecular formula is C10H18N2O4S. The van der Waals surface area contributed by atoms with Gasteiger partial charge in [0, 0.05) is 5.75 Å². The summed E-state index contributed by atoms with van der Waals surface area (Å²) in [7, 11) is 0. The molecule has 0 fully saturated rings. The zero-order valence-electron chi connectivity index (χ0n) is 10.3. The van der Waals surface area contributed by atoms with Gasteiger partial charge in [-0.25, -0.2) is 10.2 Å². The SMILES string of the molecule is CCOC(=O)CCS/C(C)=N/NC(=O)OCC. The van der Waals surface area contributed by atoms with Crippen molar-refractivity contribution < 1.29 is 19.1 Å². The molecule has 7 heteroatoms. The van der Waals surface area contributed by atoms with Gasteiger partial charge in [-0.15, -0.1) is 11.8 Å². The van der Waals surface area contributed by atoms with Gasteiger partial charge in [0.05, 0.1) is 24.7 Å². The van der Waals surface area contributed by atoms with Crippen molar-refractivity contribution in [2.45, 2.75) is 27.2 Å². The summed E-state index contributed by atoms with van der Waals surface area (Å²) >= 11 is 1.37. The lowest BCUT2D eigenvalue weighted by molar-refractivity contribution is -0.142. The van der Waals surface area contributed by atoms with Gasteiger partial charge in [0.15, 0.2) is 0 Å². The number of nitrogens with one attached hydrogen (secondary N) is 1. The molecule has 0 aliphatic heterocycles. The van der Waals surface area contributed by atoms with E-state index < -0.39 is 6.09 Å². The largest absolute Gasteiger partial charge is 0.466 e. The van der Waals surface area contributed by atoms with Crippen LogP contribution < -0.4 is 5.43 Å². The van der Waals surface area contributed by atoms with Gasteiger partial charge in [0.1, 0.15) is 0 Å². The summed E-state index contributed by atoms with van der Waals surface area (Å²) in [5, 5.41) is 4.44. The standard InChI is InChI=1S/C10H18N2O4S/c1-4-15-9(13)6-7-17-8(3)11-12-10(14)16-5-2/h4-7H2,1-3H3,(H,12,14)/b11-8+. The van der Waals surface area contributed by atoms with Gasteiger partial charge in [0.25, 0.3) is 0 Å². The first-order valence-electron chi connectivity index (χ1n) is 5.35. The van der Waals surface area contributed by atoms with Gasteiger partial charge in [0.2, 0.25) is 0 Å². The molecule has 0 rings (SSSR count). The fourth-order valence-electron chi connectivity index (χ4n) is 0.835. The van der Waals surface area contributed by atoms with Gasteiger partial charge >= 0.3 is 12.1 Å². The van der Waals surface area contributed by atoms with E-state index in [1.54, 1.807) is 20.8 Å². The first-order valence-corrected chi connectivity index (χ1v) is 6.34. The molecule has 0 unspecified atom stereocenters. The van der Waals surface area contributed by atoms with E-state index in [0.29, 0.717) is 30.4 Å². The maximum Gasteiger partial charge on any atom is 0.427 e. The number of hydrogen-bond donors (Lipinski definition) is 1. The molecule has 17 heavy (non-hydrogen) atoms. The van der Waals surface area contributed by atoms with E-state index in [0.717, 1.165) is 0 Å². The average Bonchev–Trinajstić information content (AvgIpc) is 2.27. The maximum absolute atomic E-state index is 11.0. The first-order chi connectivity index (χ1) is 8.10. The number of amides is 1. The highest BCUT2D eigenvalue weighted by atomic mass is 32.2. The average molecular weight is 262 g/mol. The monoisotopic (exact) mass is 262 g/mol. The Labute approximate surface area is 105 Å². The zero-order valence-corrected chi connectivity index (χ0v) is 11.1. The zero-order chi connectivity index (χ0) is 13.1. The highest BCUT2D eigenvalue weighted by molar-refractivity contribution is 8.13. The summed E-state index contributed by atoms with van der Waals surface area (Å²) < 4.78 is 9.40. The number of hydrazone groups is 1. The Balaban J connectivity index is 3.70. The molecule has 0 aromatic rings. The Morgan fingerprint density at radius 1 is 1.24 bits per heavy atom. The Bertz CT molecular complexity index is 281. The minimum absolute atomic E-state index is 0.230. The molecule has 6 nitrogen and oxygen atoms in total. The van der Waals surface area contributed by atoms with E-state index in [1.807, 2.05) is 0 Å². The third-order valence-electron chi connectivity index (χ3n) is 1.50. The Morgan fingerprint density at radius 2 is 1.88 bits per heavy atom. The van der Waals surface area contributed by atoms with Crippen LogP contribution in [0.25, 0.3) is 0 Å². The van der Waals surface area contributed by atoms with Crippen molar-refractivity contribution in [2.75, 3.05) is 19.0 Å². The summed E-state index contributed by atoms with van der Waals surface area (Å²) in [6.45, 7) is 5.91. The molecule has 0 radical (unpaired) electrons. The smallest absolute Gasteiger partial charge is 0.427 e. The summed E-state index contributed by atoms with van der Waals surface area (Å²) in [4.78, 5) is 21.9. The van der Waals surface area contributed by atoms with Crippen molar-refractivity contribution >= 4 is 28.9 Å². The molecule has 1 N–H and O–H groups in total. The summed E-state index contributed by atoms with van der Waals surface area (Å²) in [5.74, 6) is 0.338. The highest BCUT2D eigenvalue weighted by Gasteiger charge is 2.03. The van der Waals surface area contributed by atoms with Crippen LogP contribution in [0.4, 0.5) is 4.79 Å². The molecule has 0 aliphatic carbocycles. The van der Waals surface area contributed by atoms with Crippen LogP contribution in [0.3, 0.4) is 0 Å². The lowest BCUT2D eigenvalue weighted by Crippen LogP contribution is -2.19. The third kappa shape index (κ3) is 9.68. The van der Waals surface area contributed by atoms with Crippen LogP contribution in [0.2, 0.25) is 0 Å². The molecule has 0 aromatic heterocycles. The van der Waals surface area contributed by atoms with E-state index in [-0.39, 0.29) is 5.97 Å². The number of esters is 1. The number of ether oxygens (including phenoxy) is 2. The molecule has 0 saturated carbocycles. The molecule has 0 saturated heterocycles. The second-order valence-corrected chi connectivity index (χ2v) is 4.15. The first kappa shape index (κ1) is 15.8. The number of thioether (sulfide) groups is 1. The summed E-state index contributed by atoms with van der Waals surface area (Å²) in [6.07, 6.45) is -0.261. The third-order valence-corrected chi connectivity index (χ3v) is 2.42. The van der Waals surface area contributed by atoms with Crippen LogP contribution in [0.1, 0.15) is 27.2 Å². The molecule has 98 valence electrons. The van der Waals surface area contributed by atoms with Crippen molar-refractivity contribution in [1.29, 1.82) is 0 Å². The van der Waals surface area contributed by atoms with E-state index in [2.05, 4.69) is 15.3 Å². The van der Waals surface area contributed by atoms with Crippen LogP contribution in [0.15, 0.2) is 5.10 Å². The highest BCUT2D eigenvalue weighted by Crippen LogP contribution is 2.05. The minimum atomic E-state index is -0.585. The Hall–Kier alpha value is -1.24. The predicted molar refractivity (Wildman–Crippen MR) is 67.0 cm³/mol. The minimum Gasteiger partial charge on any atom is -0.466 e. The molecule has 0 aromatic carbocycles. The number of nitrogens with zero attached hydrogens (tertiary/aromatic N) is 1. The van der Waals surface area contributed by atoms with Crippen LogP contribution >= 0.6 is 11.8 Å². The number of rotatable bonds is 6. The fraction of sp³-hybridized carbons (Fsp3) is 0.700. The summed E-state index contributed by atoms with van der Waals surface area (Å²) in [6, 6.07) is 0. The van der Waals surface area contributed by atoms with Crippen LogP contribution in [-0.4, -0.2) is 36.1 Å². The van der Waals surface area contributed by atoms with E-state index in [9.17, 15) is 9.59 Å². The van der Waals surface area contributed by atoms with E-state index in [4.69, 9.17) is 4.74 Å². The van der Waals surface area contributed by atoms with Crippen LogP contribution in [0, 0.1) is 0 Å². The van der Waals surface area contributed by atoms with E-state index >= 15 is 0 Å². The Kier molecular flexibility index (Phi) is 9.22. The van der Waals surface area contributed by atoms with Gasteiger partial charge in [-0.1, -0.05) is 0 Å². The molecule has 0 heterocycles. The van der Waals surface area contributed by atoms with Crippen molar-refractivity contribution in [3.05, 3.63) is 0 Å². The number of carbonyl (C=O) groups excluding carboxylic acids is 2. The fourth-order valence-corrected chi connectivity index (χ4v) is 1.51. The molecule has 0 spiro atoms. The molecule has 0 atom stereocenters. The Morgan fingerprint density at radius 3 is 2.47 bits per heavy atom. The van der Waals surface area contributed by atoms with Crippen molar-refractivity contribution in [3.8, 4) is 0 Å². The van der Waals surface area contributed by atoms with Crippen molar-refractivity contribution in [2.24, 2.45) is 5.10 Å². The molecule has 0 bridgehead atoms. The normalized spacial score (nSPS) is 10.9. The topological polar surface area (TPSA) is 77.0 Å². The van der Waals surface area contributed by atoms with Gasteiger partial charge in [-0.2, -0.15) is 5.10 Å². The lowest BCUT2D eigenvalue weighted by atomic mass is 10.5. The number of hydrogen-bond acceptors (Lipinski definition) is 6. The quantitative estimate of drug-likeness (QED) is 0.341. The molecule has 0 aliphatic rings. The molecular weight excluding hydrogens is 244 g/mol. The van der Waals surface area contributed by atoms with Crippen molar-refractivity contribution in [3.63, 3.8) is 0 Å². The predicted octanol–water partition coefficient (Wildman–Crippen LogP) is 1.75. The maximum atomic E-state index is 11.0. The van der Waals surface area contributed by atoms with Crippen LogP contribution in [0.5, 0.6) is 0 Å². The molecule has 1 amide bonds. The van der Waals surface area contributed by atoms with Gasteiger partial charge in [-0.3, -0.25) is 4.79 Å². The van der Waals surface area contributed by atoms with E-state index in [1.165, 1.54) is 11.8 Å². The van der Waals surface area contributed by atoms with Crippen LogP contribution in [-0.2, 0) is 14.3 Å².